The van der Waals surface area contributed by atoms with Crippen molar-refractivity contribution in [2.24, 2.45) is 0 Å². The average Bonchev–Trinajstić information content (AvgIpc) is 2.94. The van der Waals surface area contributed by atoms with Crippen LogP contribution in [0.25, 0.3) is 5.57 Å². The molecule has 1 aromatic heterocycles. The van der Waals surface area contributed by atoms with Gasteiger partial charge in [0.25, 0.3) is 5.91 Å². The number of rotatable bonds is 8. The second kappa shape index (κ2) is 11.2. The molecule has 0 radical (unpaired) electrons. The summed E-state index contributed by atoms with van der Waals surface area (Å²) >= 11 is 12.1. The quantitative estimate of drug-likeness (QED) is 0.374. The maximum Gasteiger partial charge on any atom is 0.261 e. The lowest BCUT2D eigenvalue weighted by Crippen LogP contribution is -2.33. The number of hydrogen-bond acceptors (Lipinski definition) is 5. The highest BCUT2D eigenvalue weighted by Crippen LogP contribution is 2.29. The summed E-state index contributed by atoms with van der Waals surface area (Å²) in [5.41, 5.74) is 3.42. The third-order valence-corrected chi connectivity index (χ3v) is 6.27. The van der Waals surface area contributed by atoms with Crippen molar-refractivity contribution in [3.05, 3.63) is 75.9 Å². The zero-order valence-electron chi connectivity index (χ0n) is 18.6. The molecule has 0 N–H and O–H groups in total. The van der Waals surface area contributed by atoms with Crippen molar-refractivity contribution in [2.45, 2.75) is 19.3 Å². The maximum atomic E-state index is 13.2. The molecule has 0 saturated heterocycles. The van der Waals surface area contributed by atoms with Gasteiger partial charge in [0.1, 0.15) is 17.2 Å². The number of nitrogens with zero attached hydrogens (tertiary/aromatic N) is 3. The summed E-state index contributed by atoms with van der Waals surface area (Å²) in [4.78, 5) is 21.8. The van der Waals surface area contributed by atoms with Crippen LogP contribution in [0.5, 0.6) is 5.75 Å². The first-order valence-electron chi connectivity index (χ1n) is 11.1. The summed E-state index contributed by atoms with van der Waals surface area (Å²) in [5, 5.41) is 1.05. The minimum Gasteiger partial charge on any atom is -0.462 e. The molecule has 4 rings (SSSR count). The van der Waals surface area contributed by atoms with Gasteiger partial charge in [-0.25, -0.2) is 4.98 Å². The Hall–Kier alpha value is -2.38. The highest BCUT2D eigenvalue weighted by molar-refractivity contribution is 6.31. The number of benzene rings is 1. The van der Waals surface area contributed by atoms with E-state index in [1.807, 2.05) is 12.1 Å². The van der Waals surface area contributed by atoms with Crippen LogP contribution in [0, 0.1) is 0 Å². The van der Waals surface area contributed by atoms with Gasteiger partial charge in [-0.05, 0) is 55.6 Å². The predicted octanol–water partition coefficient (Wildman–Crippen LogP) is 5.28. The molecule has 2 aliphatic heterocycles. The number of methoxy groups -OCH3 is 1. The van der Waals surface area contributed by atoms with Crippen molar-refractivity contribution in [2.75, 3.05) is 39.9 Å². The van der Waals surface area contributed by atoms with Gasteiger partial charge >= 0.3 is 0 Å². The van der Waals surface area contributed by atoms with Crippen LogP contribution in [-0.2, 0) is 4.74 Å². The zero-order chi connectivity index (χ0) is 23.2. The Bertz CT molecular complexity index is 1070. The lowest BCUT2D eigenvalue weighted by molar-refractivity contribution is 0.0771. The zero-order valence-corrected chi connectivity index (χ0v) is 20.1. The summed E-state index contributed by atoms with van der Waals surface area (Å²) in [7, 11) is 1.61. The molecule has 2 aliphatic rings. The lowest BCUT2D eigenvalue weighted by Gasteiger charge is -2.27. The van der Waals surface area contributed by atoms with Crippen molar-refractivity contribution >= 4 is 34.7 Å². The van der Waals surface area contributed by atoms with Gasteiger partial charge in [0.2, 0.25) is 0 Å². The summed E-state index contributed by atoms with van der Waals surface area (Å²) < 4.78 is 11.0. The normalized spacial score (nSPS) is 16.6. The molecule has 1 aromatic carbocycles. The van der Waals surface area contributed by atoms with Gasteiger partial charge in [-0.15, -0.1) is 0 Å². The van der Waals surface area contributed by atoms with Crippen LogP contribution in [0.3, 0.4) is 0 Å². The third kappa shape index (κ3) is 5.95. The van der Waals surface area contributed by atoms with Gasteiger partial charge in [0, 0.05) is 37.8 Å². The molecule has 33 heavy (non-hydrogen) atoms. The molecule has 0 unspecified atom stereocenters. The minimum atomic E-state index is -0.0953. The molecule has 1 amide bonds. The second-order valence-corrected chi connectivity index (χ2v) is 8.91. The topological polar surface area (TPSA) is 54.9 Å². The Morgan fingerprint density at radius 1 is 1.15 bits per heavy atom. The number of unbranched alkanes of at least 4 members (excludes halogenated alkanes) is 1. The Morgan fingerprint density at radius 2 is 2.00 bits per heavy atom. The minimum absolute atomic E-state index is 0.0953. The standard InChI is InChI=1S/C25H27Cl2N3O3/c1-32-16-20-17-33-23-15-19(26)7-8-21(23)25(31)30(20)12-3-2-11-29-13-9-18(10-14-29)22-5-4-6-24(27)28-22/h4-9,15,17H,2-3,10-14,16H2,1H3. The van der Waals surface area contributed by atoms with E-state index in [1.165, 1.54) is 5.57 Å². The number of amides is 1. The van der Waals surface area contributed by atoms with Crippen LogP contribution in [0.2, 0.25) is 10.2 Å². The molecule has 0 spiro atoms. The molecule has 0 fully saturated rings. The molecule has 2 aromatic rings. The average molecular weight is 488 g/mol. The number of fused-ring (bicyclic) bond motifs is 1. The van der Waals surface area contributed by atoms with E-state index in [2.05, 4.69) is 16.0 Å². The fourth-order valence-electron chi connectivity index (χ4n) is 4.09. The van der Waals surface area contributed by atoms with Crippen molar-refractivity contribution in [3.63, 3.8) is 0 Å². The first kappa shape index (κ1) is 23.8. The number of halogens is 2. The van der Waals surface area contributed by atoms with E-state index >= 15 is 0 Å². The lowest BCUT2D eigenvalue weighted by atomic mass is 10.0. The van der Waals surface area contributed by atoms with Crippen LogP contribution >= 0.6 is 23.2 Å². The fourth-order valence-corrected chi connectivity index (χ4v) is 4.41. The Morgan fingerprint density at radius 3 is 2.76 bits per heavy atom. The van der Waals surface area contributed by atoms with Gasteiger partial charge in [-0.3, -0.25) is 9.69 Å². The van der Waals surface area contributed by atoms with E-state index < -0.39 is 0 Å². The molecular formula is C25H27Cl2N3O3. The Kier molecular flexibility index (Phi) is 8.04. The van der Waals surface area contributed by atoms with E-state index in [0.717, 1.165) is 44.6 Å². The number of hydrogen-bond donors (Lipinski definition) is 0. The molecular weight excluding hydrogens is 461 g/mol. The first-order valence-corrected chi connectivity index (χ1v) is 11.8. The molecule has 3 heterocycles. The number of ether oxygens (including phenoxy) is 2. The SMILES string of the molecule is COCC1=COc2cc(Cl)ccc2C(=O)N1CCCCN1CC=C(c2cccc(Cl)n2)CC1. The highest BCUT2D eigenvalue weighted by atomic mass is 35.5. The summed E-state index contributed by atoms with van der Waals surface area (Å²) in [6, 6.07) is 10.8. The Labute approximate surface area is 204 Å². The summed E-state index contributed by atoms with van der Waals surface area (Å²) in [5.74, 6) is 0.371. The van der Waals surface area contributed by atoms with E-state index in [0.29, 0.717) is 40.3 Å². The van der Waals surface area contributed by atoms with Crippen molar-refractivity contribution < 1.29 is 14.3 Å². The fraction of sp³-hybridized carbons (Fsp3) is 0.360. The highest BCUT2D eigenvalue weighted by Gasteiger charge is 2.26. The van der Waals surface area contributed by atoms with Gasteiger partial charge in [-0.1, -0.05) is 35.3 Å². The molecule has 0 bridgehead atoms. The van der Waals surface area contributed by atoms with Crippen LogP contribution in [0.1, 0.15) is 35.3 Å². The summed E-state index contributed by atoms with van der Waals surface area (Å²) in [6.45, 7) is 3.74. The van der Waals surface area contributed by atoms with Crippen LogP contribution in [0.15, 0.2) is 54.4 Å². The largest absolute Gasteiger partial charge is 0.462 e. The smallest absolute Gasteiger partial charge is 0.261 e. The molecule has 174 valence electrons. The molecule has 8 heteroatoms. The van der Waals surface area contributed by atoms with E-state index in [4.69, 9.17) is 32.7 Å². The number of carbonyl (C=O) groups excluding carboxylic acids is 1. The number of pyridine rings is 1. The van der Waals surface area contributed by atoms with E-state index in [1.54, 1.807) is 42.5 Å². The van der Waals surface area contributed by atoms with Gasteiger partial charge in [0.15, 0.2) is 0 Å². The Balaban J connectivity index is 1.32. The number of carbonyl (C=O) groups is 1. The summed E-state index contributed by atoms with van der Waals surface area (Å²) in [6.07, 6.45) is 6.63. The molecule has 0 atom stereocenters. The molecule has 0 saturated carbocycles. The van der Waals surface area contributed by atoms with Gasteiger partial charge in [0.05, 0.1) is 23.6 Å². The van der Waals surface area contributed by atoms with Crippen LogP contribution in [-0.4, -0.2) is 60.6 Å². The van der Waals surface area contributed by atoms with Crippen LogP contribution < -0.4 is 4.74 Å². The number of aromatic nitrogens is 1. The third-order valence-electron chi connectivity index (χ3n) is 5.82. The van der Waals surface area contributed by atoms with Crippen molar-refractivity contribution in [1.29, 1.82) is 0 Å². The van der Waals surface area contributed by atoms with Crippen molar-refractivity contribution in [3.8, 4) is 5.75 Å². The predicted molar refractivity (Wildman–Crippen MR) is 131 cm³/mol. The first-order chi connectivity index (χ1) is 16.0. The monoisotopic (exact) mass is 487 g/mol. The maximum absolute atomic E-state index is 13.2. The second-order valence-electron chi connectivity index (χ2n) is 8.09. The van der Waals surface area contributed by atoms with Gasteiger partial charge in [-0.2, -0.15) is 0 Å². The van der Waals surface area contributed by atoms with E-state index in [9.17, 15) is 4.79 Å². The van der Waals surface area contributed by atoms with Crippen molar-refractivity contribution in [1.82, 2.24) is 14.8 Å². The molecule has 0 aliphatic carbocycles. The van der Waals surface area contributed by atoms with E-state index in [-0.39, 0.29) is 5.91 Å². The molecule has 6 nitrogen and oxygen atoms in total. The van der Waals surface area contributed by atoms with Crippen LogP contribution in [0.4, 0.5) is 0 Å². The van der Waals surface area contributed by atoms with Gasteiger partial charge < -0.3 is 14.4 Å².